The fraction of sp³-hybridized carbons (Fsp3) is 0.0909. The van der Waals surface area contributed by atoms with Crippen molar-refractivity contribution in [3.8, 4) is 22.3 Å². The number of halogens is 1. The Hall–Kier alpha value is -3.28. The number of ether oxygens (including phenoxy) is 1. The number of benzene rings is 2. The zero-order valence-corrected chi connectivity index (χ0v) is 18.4. The van der Waals surface area contributed by atoms with Gasteiger partial charge in [0.2, 0.25) is 0 Å². The van der Waals surface area contributed by atoms with Gasteiger partial charge in [0, 0.05) is 10.0 Å². The molecule has 4 rings (SSSR count). The maximum Gasteiger partial charge on any atom is 0.167 e. The monoisotopic (exact) mass is 477 g/mol. The van der Waals surface area contributed by atoms with Gasteiger partial charge >= 0.3 is 0 Å². The number of aromatic nitrogens is 2. The lowest BCUT2D eigenvalue weighted by Gasteiger charge is -2.08. The molecule has 1 N–H and O–H groups in total. The number of rotatable bonds is 6. The van der Waals surface area contributed by atoms with Crippen molar-refractivity contribution >= 4 is 49.5 Å². The molecule has 2 heterocycles. The smallest absolute Gasteiger partial charge is 0.167 e. The molecule has 0 aliphatic rings. The van der Waals surface area contributed by atoms with Gasteiger partial charge in [-0.05, 0) is 36.8 Å². The van der Waals surface area contributed by atoms with Gasteiger partial charge in [-0.15, -0.1) is 11.3 Å². The minimum atomic E-state index is 0.504. The van der Waals surface area contributed by atoms with Crippen LogP contribution in [0.3, 0.4) is 0 Å². The van der Waals surface area contributed by atoms with Gasteiger partial charge in [-0.1, -0.05) is 40.2 Å². The van der Waals surface area contributed by atoms with Crippen LogP contribution in [0.1, 0.15) is 18.1 Å². The van der Waals surface area contributed by atoms with Gasteiger partial charge in [-0.3, -0.25) is 5.43 Å². The second-order valence-corrected chi connectivity index (χ2v) is 8.11. The predicted octanol–water partition coefficient (Wildman–Crippen LogP) is 5.84. The van der Waals surface area contributed by atoms with Crippen LogP contribution >= 0.6 is 27.3 Å². The van der Waals surface area contributed by atoms with Crippen LogP contribution < -0.4 is 10.2 Å². The van der Waals surface area contributed by atoms with E-state index in [0.29, 0.717) is 23.5 Å². The van der Waals surface area contributed by atoms with E-state index in [0.717, 1.165) is 30.9 Å². The van der Waals surface area contributed by atoms with Crippen LogP contribution in [-0.2, 0) is 0 Å². The van der Waals surface area contributed by atoms with Crippen LogP contribution in [0.4, 0.5) is 5.82 Å². The van der Waals surface area contributed by atoms with E-state index in [9.17, 15) is 5.26 Å². The van der Waals surface area contributed by atoms with Gasteiger partial charge in [0.05, 0.1) is 28.0 Å². The molecule has 2 aromatic heterocycles. The summed E-state index contributed by atoms with van der Waals surface area (Å²) in [4.78, 5) is 9.47. The Kier molecular flexibility index (Phi) is 6.02. The number of hydrazone groups is 1. The average Bonchev–Trinajstić information content (AvgIpc) is 3.15. The topological polar surface area (TPSA) is 83.2 Å². The number of nitriles is 1. The van der Waals surface area contributed by atoms with Gasteiger partial charge in [-0.2, -0.15) is 10.4 Å². The number of hydrogen-bond donors (Lipinski definition) is 1. The zero-order chi connectivity index (χ0) is 20.9. The van der Waals surface area contributed by atoms with Gasteiger partial charge in [-0.25, -0.2) is 9.97 Å². The normalized spacial score (nSPS) is 11.0. The Labute approximate surface area is 186 Å². The molecule has 0 atom stereocenters. The number of anilines is 1. The van der Waals surface area contributed by atoms with E-state index in [2.05, 4.69) is 42.5 Å². The maximum absolute atomic E-state index is 9.83. The second-order valence-electron chi connectivity index (χ2n) is 6.17. The first-order valence-corrected chi connectivity index (χ1v) is 10.8. The summed E-state index contributed by atoms with van der Waals surface area (Å²) in [6.07, 6.45) is 3.15. The van der Waals surface area contributed by atoms with Gasteiger partial charge in [0.25, 0.3) is 0 Å². The van der Waals surface area contributed by atoms with E-state index in [1.165, 1.54) is 17.7 Å². The molecule has 0 bridgehead atoms. The lowest BCUT2D eigenvalue weighted by Crippen LogP contribution is -1.95. The highest BCUT2D eigenvalue weighted by Gasteiger charge is 2.20. The first kappa shape index (κ1) is 20.0. The maximum atomic E-state index is 9.83. The first-order chi connectivity index (χ1) is 14.7. The predicted molar refractivity (Wildman–Crippen MR) is 124 cm³/mol. The van der Waals surface area contributed by atoms with Crippen LogP contribution in [0, 0.1) is 11.3 Å². The largest absolute Gasteiger partial charge is 0.493 e. The molecule has 30 heavy (non-hydrogen) atoms. The van der Waals surface area contributed by atoms with Gasteiger partial charge in [0.15, 0.2) is 5.82 Å². The van der Waals surface area contributed by atoms with E-state index >= 15 is 0 Å². The molecular formula is C22H16BrN5OS. The lowest BCUT2D eigenvalue weighted by atomic mass is 10.1. The molecule has 0 aliphatic heterocycles. The highest BCUT2D eigenvalue weighted by atomic mass is 79.9. The zero-order valence-electron chi connectivity index (χ0n) is 16.0. The fourth-order valence-corrected chi connectivity index (χ4v) is 4.37. The number of nitrogens with one attached hydrogen (secondary N) is 1. The quantitative estimate of drug-likeness (QED) is 0.278. The summed E-state index contributed by atoms with van der Waals surface area (Å²) in [5.74, 6) is 1.29. The van der Waals surface area contributed by atoms with Crippen LogP contribution in [0.25, 0.3) is 20.7 Å². The van der Waals surface area contributed by atoms with Crippen molar-refractivity contribution in [1.82, 2.24) is 9.97 Å². The molecule has 0 unspecified atom stereocenters. The molecule has 4 aromatic rings. The molecular weight excluding hydrogens is 462 g/mol. The third-order valence-electron chi connectivity index (χ3n) is 4.27. The number of fused-ring (bicyclic) bond motifs is 1. The Morgan fingerprint density at radius 1 is 1.20 bits per heavy atom. The molecule has 0 saturated heterocycles. The summed E-state index contributed by atoms with van der Waals surface area (Å²) >= 11 is 4.86. The molecule has 0 spiro atoms. The standard InChI is InChI=1S/C22H16BrN5OS/c1-2-29-18-6-4-3-5-16(18)20-17(11-24)19-21(30-20)22(26-13-25-19)28-27-12-14-7-9-15(23)10-8-14/h3-10,12-13H,2H2,1H3,(H,25,26,28). The first-order valence-electron chi connectivity index (χ1n) is 9.15. The number of nitrogens with zero attached hydrogens (tertiary/aromatic N) is 4. The van der Waals surface area contributed by atoms with Crippen LogP contribution in [0.2, 0.25) is 0 Å². The van der Waals surface area contributed by atoms with Crippen molar-refractivity contribution in [1.29, 1.82) is 5.26 Å². The van der Waals surface area contributed by atoms with Crippen LogP contribution in [-0.4, -0.2) is 22.8 Å². The lowest BCUT2D eigenvalue weighted by molar-refractivity contribution is 0.341. The Morgan fingerprint density at radius 2 is 2.00 bits per heavy atom. The van der Waals surface area contributed by atoms with Crippen molar-refractivity contribution in [2.45, 2.75) is 6.92 Å². The van der Waals surface area contributed by atoms with E-state index in [1.54, 1.807) is 6.21 Å². The van der Waals surface area contributed by atoms with Crippen molar-refractivity contribution in [3.63, 3.8) is 0 Å². The van der Waals surface area contributed by atoms with Crippen molar-refractivity contribution in [3.05, 3.63) is 70.5 Å². The van der Waals surface area contributed by atoms with Crippen molar-refractivity contribution in [2.75, 3.05) is 12.0 Å². The molecule has 0 saturated carbocycles. The molecule has 6 nitrogen and oxygen atoms in total. The van der Waals surface area contributed by atoms with E-state index in [-0.39, 0.29) is 0 Å². The van der Waals surface area contributed by atoms with E-state index in [4.69, 9.17) is 4.74 Å². The summed E-state index contributed by atoms with van der Waals surface area (Å²) < 4.78 is 7.53. The Balaban J connectivity index is 1.74. The Bertz CT molecular complexity index is 1260. The molecule has 0 radical (unpaired) electrons. The molecule has 148 valence electrons. The average molecular weight is 478 g/mol. The molecule has 2 aromatic carbocycles. The summed E-state index contributed by atoms with van der Waals surface area (Å²) in [5.41, 5.74) is 5.90. The highest BCUT2D eigenvalue weighted by molar-refractivity contribution is 9.10. The molecule has 0 fully saturated rings. The van der Waals surface area contributed by atoms with Crippen LogP contribution in [0.5, 0.6) is 5.75 Å². The third-order valence-corrected chi connectivity index (χ3v) is 6.02. The third kappa shape index (κ3) is 4.03. The summed E-state index contributed by atoms with van der Waals surface area (Å²) in [6.45, 7) is 2.48. The van der Waals surface area contributed by atoms with Gasteiger partial charge < -0.3 is 4.74 Å². The summed E-state index contributed by atoms with van der Waals surface area (Å²) in [7, 11) is 0. The number of hydrogen-bond acceptors (Lipinski definition) is 7. The number of para-hydroxylation sites is 1. The van der Waals surface area contributed by atoms with Crippen molar-refractivity contribution < 1.29 is 4.74 Å². The molecule has 0 aliphatic carbocycles. The van der Waals surface area contributed by atoms with Crippen LogP contribution in [0.15, 0.2) is 64.4 Å². The minimum Gasteiger partial charge on any atom is -0.493 e. The molecule has 0 amide bonds. The highest BCUT2D eigenvalue weighted by Crippen LogP contribution is 2.43. The van der Waals surface area contributed by atoms with E-state index in [1.807, 2.05) is 55.5 Å². The molecule has 8 heteroatoms. The van der Waals surface area contributed by atoms with Crippen molar-refractivity contribution in [2.24, 2.45) is 5.10 Å². The minimum absolute atomic E-state index is 0.504. The fourth-order valence-electron chi connectivity index (χ4n) is 2.93. The summed E-state index contributed by atoms with van der Waals surface area (Å²) in [6, 6.07) is 17.8. The van der Waals surface area contributed by atoms with Gasteiger partial charge in [0.1, 0.15) is 23.7 Å². The number of thiophene rings is 1. The Morgan fingerprint density at radius 3 is 2.77 bits per heavy atom. The SMILES string of the molecule is CCOc1ccccc1-c1sc2c(NN=Cc3ccc(Br)cc3)ncnc2c1C#N. The summed E-state index contributed by atoms with van der Waals surface area (Å²) in [5, 5.41) is 14.1. The second kappa shape index (κ2) is 9.03. The van der Waals surface area contributed by atoms with E-state index < -0.39 is 0 Å².